The first-order chi connectivity index (χ1) is 8.14. The summed E-state index contributed by atoms with van der Waals surface area (Å²) in [6, 6.07) is 2.39. The minimum atomic E-state index is -4.32. The number of sulfonamides is 1. The van der Waals surface area contributed by atoms with Crippen molar-refractivity contribution in [1.29, 1.82) is 0 Å². The van der Waals surface area contributed by atoms with Crippen molar-refractivity contribution in [2.24, 2.45) is 5.14 Å². The van der Waals surface area contributed by atoms with Crippen LogP contribution in [0.25, 0.3) is 0 Å². The molecule has 102 valence electrons. The quantitative estimate of drug-likeness (QED) is 0.867. The van der Waals surface area contributed by atoms with Gasteiger partial charge in [-0.2, -0.15) is 13.2 Å². The molecule has 1 aromatic heterocycles. The number of halogens is 3. The van der Waals surface area contributed by atoms with E-state index in [1.165, 1.54) is 6.07 Å². The lowest BCUT2D eigenvalue weighted by atomic mass is 10.2. The molecule has 0 unspecified atom stereocenters. The fourth-order valence-electron chi connectivity index (χ4n) is 1.55. The molecule has 0 atom stereocenters. The Balaban J connectivity index is 2.02. The molecule has 0 amide bonds. The van der Waals surface area contributed by atoms with Gasteiger partial charge in [0.2, 0.25) is 5.09 Å². The van der Waals surface area contributed by atoms with Gasteiger partial charge in [-0.25, -0.2) is 13.6 Å². The van der Waals surface area contributed by atoms with Crippen molar-refractivity contribution < 1.29 is 26.0 Å². The molecular weight excluding hydrogens is 273 g/mol. The summed E-state index contributed by atoms with van der Waals surface area (Å²) in [5.41, 5.74) is -1.86. The van der Waals surface area contributed by atoms with Gasteiger partial charge in [0, 0.05) is 0 Å². The third-order valence-electron chi connectivity index (χ3n) is 2.81. The molecule has 1 aromatic rings. The van der Waals surface area contributed by atoms with Crippen LogP contribution in [0.5, 0.6) is 0 Å². The molecule has 0 spiro atoms. The van der Waals surface area contributed by atoms with E-state index in [4.69, 9.17) is 9.56 Å². The maximum absolute atomic E-state index is 12.6. The van der Waals surface area contributed by atoms with Crippen molar-refractivity contribution in [3.8, 4) is 0 Å². The minimum Gasteiger partial charge on any atom is -0.447 e. The summed E-state index contributed by atoms with van der Waals surface area (Å²) < 4.78 is 64.4. The maximum atomic E-state index is 12.6. The van der Waals surface area contributed by atoms with E-state index in [0.717, 1.165) is 6.07 Å². The number of hydrogen-bond acceptors (Lipinski definition) is 4. The van der Waals surface area contributed by atoms with Gasteiger partial charge in [0.25, 0.3) is 10.0 Å². The second kappa shape index (κ2) is 3.97. The lowest BCUT2D eigenvalue weighted by Gasteiger charge is -2.19. The van der Waals surface area contributed by atoms with E-state index >= 15 is 0 Å². The zero-order chi connectivity index (χ0) is 13.6. The van der Waals surface area contributed by atoms with E-state index in [1.54, 1.807) is 0 Å². The molecule has 1 aliphatic carbocycles. The third-order valence-corrected chi connectivity index (χ3v) is 3.59. The second-order valence-electron chi connectivity index (χ2n) is 4.20. The molecule has 1 saturated carbocycles. The monoisotopic (exact) mass is 284 g/mol. The van der Waals surface area contributed by atoms with Crippen LogP contribution in [-0.4, -0.2) is 20.1 Å². The van der Waals surface area contributed by atoms with Crippen molar-refractivity contribution in [1.82, 2.24) is 5.32 Å². The molecule has 5 nitrogen and oxygen atoms in total. The topological polar surface area (TPSA) is 85.3 Å². The third kappa shape index (κ3) is 2.52. The van der Waals surface area contributed by atoms with Gasteiger partial charge in [0.15, 0.2) is 0 Å². The Hall–Kier alpha value is -1.06. The normalized spacial score (nSPS) is 18.9. The smallest absolute Gasteiger partial charge is 0.406 e. The molecular formula is C9H11F3N2O3S. The Labute approximate surface area is 101 Å². The minimum absolute atomic E-state index is 0.0131. The molecule has 9 heteroatoms. The van der Waals surface area contributed by atoms with Gasteiger partial charge in [0.05, 0.1) is 6.54 Å². The van der Waals surface area contributed by atoms with Crippen LogP contribution in [0.4, 0.5) is 13.2 Å². The van der Waals surface area contributed by atoms with Gasteiger partial charge >= 0.3 is 6.18 Å². The van der Waals surface area contributed by atoms with E-state index < -0.39 is 26.8 Å². The number of hydrogen-bond donors (Lipinski definition) is 2. The molecule has 18 heavy (non-hydrogen) atoms. The highest BCUT2D eigenvalue weighted by molar-refractivity contribution is 7.89. The van der Waals surface area contributed by atoms with E-state index in [9.17, 15) is 21.6 Å². The van der Waals surface area contributed by atoms with Crippen LogP contribution in [0, 0.1) is 0 Å². The number of furan rings is 1. The summed E-state index contributed by atoms with van der Waals surface area (Å²) in [6.45, 7) is -0.199. The van der Waals surface area contributed by atoms with Crippen LogP contribution in [0.2, 0.25) is 0 Å². The summed E-state index contributed by atoms with van der Waals surface area (Å²) in [5.74, 6) is 0.0922. The molecule has 0 bridgehead atoms. The molecule has 0 saturated heterocycles. The van der Waals surface area contributed by atoms with Crippen molar-refractivity contribution in [2.45, 2.75) is 36.2 Å². The van der Waals surface area contributed by atoms with E-state index in [0.29, 0.717) is 0 Å². The Kier molecular flexibility index (Phi) is 2.95. The largest absolute Gasteiger partial charge is 0.447 e. The summed E-state index contributed by atoms with van der Waals surface area (Å²) >= 11 is 0. The average Bonchev–Trinajstić information content (AvgIpc) is 2.85. The molecule has 2 rings (SSSR count). The molecule has 0 radical (unpaired) electrons. The summed E-state index contributed by atoms with van der Waals surface area (Å²) in [4.78, 5) is 0. The number of nitrogens with two attached hydrogens (primary N) is 1. The Morgan fingerprint density at radius 1 is 1.39 bits per heavy atom. The highest BCUT2D eigenvalue weighted by atomic mass is 32.2. The zero-order valence-corrected chi connectivity index (χ0v) is 9.94. The summed E-state index contributed by atoms with van der Waals surface area (Å²) in [6.07, 6.45) is -4.29. The van der Waals surface area contributed by atoms with Crippen LogP contribution in [-0.2, 0) is 16.6 Å². The van der Waals surface area contributed by atoms with Crippen molar-refractivity contribution in [3.05, 3.63) is 17.9 Å². The van der Waals surface area contributed by atoms with Crippen LogP contribution < -0.4 is 10.5 Å². The van der Waals surface area contributed by atoms with Gasteiger partial charge in [-0.05, 0) is 25.0 Å². The maximum Gasteiger partial charge on any atom is 0.406 e. The molecule has 1 aliphatic rings. The van der Waals surface area contributed by atoms with Crippen LogP contribution in [0.3, 0.4) is 0 Å². The van der Waals surface area contributed by atoms with Crippen LogP contribution in [0.15, 0.2) is 21.6 Å². The van der Waals surface area contributed by atoms with Gasteiger partial charge in [-0.3, -0.25) is 5.32 Å². The highest BCUT2D eigenvalue weighted by Gasteiger charge is 2.63. The predicted octanol–water partition coefficient (Wildman–Crippen LogP) is 1.11. The van der Waals surface area contributed by atoms with Gasteiger partial charge in [0.1, 0.15) is 11.3 Å². The first kappa shape index (κ1) is 13.4. The Morgan fingerprint density at radius 2 is 2.00 bits per heavy atom. The van der Waals surface area contributed by atoms with Crippen LogP contribution >= 0.6 is 0 Å². The summed E-state index contributed by atoms with van der Waals surface area (Å²) in [7, 11) is -3.97. The van der Waals surface area contributed by atoms with Crippen LogP contribution in [0.1, 0.15) is 18.6 Å². The predicted molar refractivity (Wildman–Crippen MR) is 54.9 cm³/mol. The van der Waals surface area contributed by atoms with Crippen molar-refractivity contribution >= 4 is 10.0 Å². The number of nitrogens with one attached hydrogen (secondary N) is 1. The lowest BCUT2D eigenvalue weighted by Crippen LogP contribution is -2.44. The summed E-state index contributed by atoms with van der Waals surface area (Å²) in [5, 5.41) is 6.69. The van der Waals surface area contributed by atoms with E-state index in [1.807, 2.05) is 0 Å². The van der Waals surface area contributed by atoms with Gasteiger partial charge in [-0.15, -0.1) is 0 Å². The van der Waals surface area contributed by atoms with Crippen molar-refractivity contribution in [3.63, 3.8) is 0 Å². The fraction of sp³-hybridized carbons (Fsp3) is 0.556. The SMILES string of the molecule is NS(=O)(=O)c1ccc(CNC2(C(F)(F)F)CC2)o1. The van der Waals surface area contributed by atoms with Crippen molar-refractivity contribution in [2.75, 3.05) is 0 Å². The lowest BCUT2D eigenvalue weighted by molar-refractivity contribution is -0.166. The fourth-order valence-corrected chi connectivity index (χ4v) is 2.03. The highest BCUT2D eigenvalue weighted by Crippen LogP contribution is 2.49. The van der Waals surface area contributed by atoms with Gasteiger partial charge in [-0.1, -0.05) is 0 Å². The first-order valence-corrected chi connectivity index (χ1v) is 6.62. The molecule has 1 heterocycles. The standard InChI is InChI=1S/C9H11F3N2O3S/c10-9(11,12)8(3-4-8)14-5-6-1-2-7(17-6)18(13,15)16/h1-2,14H,3-5H2,(H2,13,15,16). The molecule has 0 aromatic carbocycles. The zero-order valence-electron chi connectivity index (χ0n) is 9.12. The number of primary sulfonamides is 1. The molecule has 3 N–H and O–H groups in total. The average molecular weight is 284 g/mol. The second-order valence-corrected chi connectivity index (χ2v) is 5.69. The first-order valence-electron chi connectivity index (χ1n) is 5.07. The molecule has 1 fully saturated rings. The Morgan fingerprint density at radius 3 is 2.39 bits per heavy atom. The van der Waals surface area contributed by atoms with E-state index in [-0.39, 0.29) is 25.1 Å². The number of rotatable bonds is 4. The Bertz CT molecular complexity index is 546. The van der Waals surface area contributed by atoms with E-state index in [2.05, 4.69) is 5.32 Å². The van der Waals surface area contributed by atoms with Gasteiger partial charge < -0.3 is 4.42 Å². The number of alkyl halides is 3. The molecule has 0 aliphatic heterocycles.